The number of rotatable bonds is 6. The van der Waals surface area contributed by atoms with Crippen molar-refractivity contribution in [3.63, 3.8) is 0 Å². The minimum Gasteiger partial charge on any atom is -0.381 e. The molecule has 6 heteroatoms. The van der Waals surface area contributed by atoms with Gasteiger partial charge in [-0.15, -0.1) is 0 Å². The van der Waals surface area contributed by atoms with Crippen LogP contribution in [-0.2, 0) is 16.7 Å². The normalized spacial score (nSPS) is 17.1. The third-order valence-corrected chi connectivity index (χ3v) is 6.11. The van der Waals surface area contributed by atoms with Crippen LogP contribution >= 0.6 is 27.3 Å². The maximum absolute atomic E-state index is 5.64. The van der Waals surface area contributed by atoms with Crippen molar-refractivity contribution in [1.29, 1.82) is 0 Å². The second kappa shape index (κ2) is 9.53. The first-order chi connectivity index (χ1) is 12.7. The highest BCUT2D eigenvalue weighted by molar-refractivity contribution is 9.10. The summed E-state index contributed by atoms with van der Waals surface area (Å²) in [6.45, 7) is 6.12. The van der Waals surface area contributed by atoms with E-state index in [0.717, 1.165) is 49.6 Å². The molecule has 0 saturated carbocycles. The Morgan fingerprint density at radius 1 is 1.19 bits per heavy atom. The fourth-order valence-electron chi connectivity index (χ4n) is 3.28. The van der Waals surface area contributed by atoms with Crippen LogP contribution in [0.25, 0.3) is 0 Å². The second-order valence-corrected chi connectivity index (χ2v) is 8.28. The average Bonchev–Trinajstić information content (AvgIpc) is 3.19. The summed E-state index contributed by atoms with van der Waals surface area (Å²) < 4.78 is 6.75. The van der Waals surface area contributed by atoms with Crippen LogP contribution in [0.5, 0.6) is 0 Å². The molecule has 1 aliphatic rings. The van der Waals surface area contributed by atoms with Crippen molar-refractivity contribution in [2.24, 2.45) is 4.99 Å². The molecule has 0 bridgehead atoms. The van der Waals surface area contributed by atoms with Gasteiger partial charge in [0.2, 0.25) is 0 Å². The lowest BCUT2D eigenvalue weighted by Gasteiger charge is -2.38. The minimum atomic E-state index is 0.0809. The molecule has 1 saturated heterocycles. The number of aliphatic imine (C=N–C) groups is 1. The molecule has 140 valence electrons. The van der Waals surface area contributed by atoms with E-state index >= 15 is 0 Å². The maximum atomic E-state index is 5.64. The van der Waals surface area contributed by atoms with Gasteiger partial charge in [-0.05, 0) is 59.9 Å². The van der Waals surface area contributed by atoms with Crippen molar-refractivity contribution < 1.29 is 4.74 Å². The van der Waals surface area contributed by atoms with Crippen LogP contribution in [0.3, 0.4) is 0 Å². The molecule has 4 nitrogen and oxygen atoms in total. The van der Waals surface area contributed by atoms with Gasteiger partial charge in [0.1, 0.15) is 0 Å². The number of guanidine groups is 1. The van der Waals surface area contributed by atoms with Gasteiger partial charge in [0, 0.05) is 36.2 Å². The number of nitrogens with zero attached hydrogens (tertiary/aromatic N) is 1. The van der Waals surface area contributed by atoms with E-state index in [1.54, 1.807) is 11.3 Å². The highest BCUT2D eigenvalue weighted by Gasteiger charge is 2.34. The van der Waals surface area contributed by atoms with Crippen LogP contribution in [0, 0.1) is 0 Å². The Kier molecular flexibility index (Phi) is 7.11. The Morgan fingerprint density at radius 3 is 2.62 bits per heavy atom. The summed E-state index contributed by atoms with van der Waals surface area (Å²) in [5.41, 5.74) is 2.70. The van der Waals surface area contributed by atoms with Gasteiger partial charge in [-0.3, -0.25) is 0 Å². The molecule has 1 aliphatic heterocycles. The molecule has 1 aromatic carbocycles. The van der Waals surface area contributed by atoms with Crippen LogP contribution in [0.15, 0.2) is 50.6 Å². The number of nitrogens with one attached hydrogen (secondary N) is 2. The molecule has 26 heavy (non-hydrogen) atoms. The second-order valence-electron chi connectivity index (χ2n) is 6.58. The Balaban J connectivity index is 1.72. The van der Waals surface area contributed by atoms with Gasteiger partial charge in [-0.25, -0.2) is 4.99 Å². The molecule has 0 atom stereocenters. The number of hydrogen-bond acceptors (Lipinski definition) is 3. The number of halogens is 1. The van der Waals surface area contributed by atoms with Crippen LogP contribution in [0.4, 0.5) is 0 Å². The fraction of sp³-hybridized carbons (Fsp3) is 0.450. The lowest BCUT2D eigenvalue weighted by molar-refractivity contribution is 0.0514. The molecule has 1 fully saturated rings. The first-order valence-electron chi connectivity index (χ1n) is 9.09. The minimum absolute atomic E-state index is 0.0809. The van der Waals surface area contributed by atoms with E-state index in [0.29, 0.717) is 6.54 Å². The zero-order valence-electron chi connectivity index (χ0n) is 15.1. The molecule has 0 aliphatic carbocycles. The maximum Gasteiger partial charge on any atom is 0.191 e. The van der Waals surface area contributed by atoms with Gasteiger partial charge in [-0.2, -0.15) is 11.3 Å². The van der Waals surface area contributed by atoms with Crippen molar-refractivity contribution in [2.45, 2.75) is 31.7 Å². The quantitative estimate of drug-likeness (QED) is 0.524. The van der Waals surface area contributed by atoms with Gasteiger partial charge in [0.25, 0.3) is 0 Å². The van der Waals surface area contributed by atoms with Gasteiger partial charge in [0.05, 0.1) is 6.54 Å². The van der Waals surface area contributed by atoms with Crippen molar-refractivity contribution in [1.82, 2.24) is 10.6 Å². The van der Waals surface area contributed by atoms with E-state index in [-0.39, 0.29) is 5.41 Å². The Labute approximate surface area is 168 Å². The summed E-state index contributed by atoms with van der Waals surface area (Å²) in [6, 6.07) is 10.8. The monoisotopic (exact) mass is 435 g/mol. The summed E-state index contributed by atoms with van der Waals surface area (Å²) >= 11 is 5.25. The number of benzene rings is 1. The van der Waals surface area contributed by atoms with E-state index in [2.05, 4.69) is 74.6 Å². The molecule has 1 aromatic heterocycles. The predicted octanol–water partition coefficient (Wildman–Crippen LogP) is 4.31. The van der Waals surface area contributed by atoms with Crippen molar-refractivity contribution in [3.8, 4) is 0 Å². The summed E-state index contributed by atoms with van der Waals surface area (Å²) in [7, 11) is 0. The summed E-state index contributed by atoms with van der Waals surface area (Å²) in [5, 5.41) is 11.2. The highest BCUT2D eigenvalue weighted by Crippen LogP contribution is 2.34. The molecule has 2 N–H and O–H groups in total. The molecular weight excluding hydrogens is 410 g/mol. The SMILES string of the molecule is CCNC(=NCc1ccsc1)NCC1(c2ccc(Br)cc2)CCOCC1. The van der Waals surface area contributed by atoms with Gasteiger partial charge in [-0.1, -0.05) is 28.1 Å². The summed E-state index contributed by atoms with van der Waals surface area (Å²) in [5.74, 6) is 0.877. The molecule has 2 heterocycles. The summed E-state index contributed by atoms with van der Waals surface area (Å²) in [4.78, 5) is 4.74. The molecular formula is C20H26BrN3OS. The fourth-order valence-corrected chi connectivity index (χ4v) is 4.20. The van der Waals surface area contributed by atoms with Crippen LogP contribution in [0.1, 0.15) is 30.9 Å². The Hall–Kier alpha value is -1.37. The third-order valence-electron chi connectivity index (χ3n) is 4.84. The molecule has 0 radical (unpaired) electrons. The van der Waals surface area contributed by atoms with Gasteiger partial charge in [0.15, 0.2) is 5.96 Å². The van der Waals surface area contributed by atoms with E-state index in [9.17, 15) is 0 Å². The molecule has 3 rings (SSSR count). The van der Waals surface area contributed by atoms with Crippen molar-refractivity contribution >= 4 is 33.2 Å². The van der Waals surface area contributed by atoms with Crippen LogP contribution < -0.4 is 10.6 Å². The third kappa shape index (κ3) is 5.09. The van der Waals surface area contributed by atoms with Crippen LogP contribution in [-0.4, -0.2) is 32.3 Å². The summed E-state index contributed by atoms with van der Waals surface area (Å²) in [6.07, 6.45) is 2.04. The molecule has 2 aromatic rings. The number of thiophene rings is 1. The van der Waals surface area contributed by atoms with Crippen molar-refractivity contribution in [3.05, 3.63) is 56.7 Å². The van der Waals surface area contributed by atoms with E-state index in [1.807, 2.05) is 0 Å². The van der Waals surface area contributed by atoms with Gasteiger partial charge < -0.3 is 15.4 Å². The van der Waals surface area contributed by atoms with E-state index in [1.165, 1.54) is 11.1 Å². The van der Waals surface area contributed by atoms with E-state index < -0.39 is 0 Å². The number of hydrogen-bond donors (Lipinski definition) is 2. The van der Waals surface area contributed by atoms with Gasteiger partial charge >= 0.3 is 0 Å². The first kappa shape index (κ1) is 19.4. The van der Waals surface area contributed by atoms with Crippen LogP contribution in [0.2, 0.25) is 0 Å². The number of ether oxygens (including phenoxy) is 1. The molecule has 0 spiro atoms. The predicted molar refractivity (Wildman–Crippen MR) is 113 cm³/mol. The Bertz CT molecular complexity index is 694. The first-order valence-corrected chi connectivity index (χ1v) is 10.8. The standard InChI is InChI=1S/C20H26BrN3OS/c1-2-22-19(23-13-16-7-12-26-14-16)24-15-20(8-10-25-11-9-20)17-3-5-18(21)6-4-17/h3-7,12,14H,2,8-11,13,15H2,1H3,(H2,22,23,24). The topological polar surface area (TPSA) is 45.7 Å². The lowest BCUT2D eigenvalue weighted by Crippen LogP contribution is -2.48. The van der Waals surface area contributed by atoms with Crippen molar-refractivity contribution in [2.75, 3.05) is 26.3 Å². The smallest absolute Gasteiger partial charge is 0.191 e. The lowest BCUT2D eigenvalue weighted by atomic mass is 9.74. The largest absolute Gasteiger partial charge is 0.381 e. The molecule has 0 unspecified atom stereocenters. The zero-order valence-corrected chi connectivity index (χ0v) is 17.5. The highest BCUT2D eigenvalue weighted by atomic mass is 79.9. The van der Waals surface area contributed by atoms with E-state index in [4.69, 9.17) is 9.73 Å². The Morgan fingerprint density at radius 2 is 1.96 bits per heavy atom. The average molecular weight is 436 g/mol. The zero-order chi connectivity index (χ0) is 18.2. The molecule has 0 amide bonds.